The van der Waals surface area contributed by atoms with Crippen LogP contribution in [0.2, 0.25) is 0 Å². The number of benzene rings is 2. The summed E-state index contributed by atoms with van der Waals surface area (Å²) in [6.07, 6.45) is 0.0564. The molecule has 0 saturated carbocycles. The van der Waals surface area contributed by atoms with Gasteiger partial charge in [0, 0.05) is 10.1 Å². The number of hydrogen-bond donors (Lipinski definition) is 1. The van der Waals surface area contributed by atoms with E-state index in [9.17, 15) is 19.1 Å². The van der Waals surface area contributed by atoms with Crippen molar-refractivity contribution in [3.8, 4) is 11.4 Å². The highest BCUT2D eigenvalue weighted by Gasteiger charge is 2.34. The highest BCUT2D eigenvalue weighted by molar-refractivity contribution is 14.1. The predicted molar refractivity (Wildman–Crippen MR) is 113 cm³/mol. The molecule has 0 spiro atoms. The van der Waals surface area contributed by atoms with E-state index < -0.39 is 23.5 Å². The molecule has 1 aliphatic rings. The summed E-state index contributed by atoms with van der Waals surface area (Å²) in [5, 5.41) is 9.71. The minimum absolute atomic E-state index is 0.0487. The number of methoxy groups -OCH3 is 1. The Balaban J connectivity index is 2.03. The van der Waals surface area contributed by atoms with Gasteiger partial charge < -0.3 is 9.84 Å². The van der Waals surface area contributed by atoms with Crippen LogP contribution in [0.15, 0.2) is 41.2 Å². The first-order chi connectivity index (χ1) is 13.9. The van der Waals surface area contributed by atoms with Crippen LogP contribution in [0.25, 0.3) is 16.6 Å². The van der Waals surface area contributed by atoms with Crippen LogP contribution in [0.4, 0.5) is 9.18 Å². The number of likely N-dealkylation sites (tertiary alicyclic amines) is 1. The molecular weight excluding hydrogens is 492 g/mol. The molecule has 0 bridgehead atoms. The quantitative estimate of drug-likeness (QED) is 0.541. The van der Waals surface area contributed by atoms with E-state index in [1.165, 1.54) is 22.6 Å². The third kappa shape index (κ3) is 3.43. The van der Waals surface area contributed by atoms with Crippen molar-refractivity contribution in [2.24, 2.45) is 0 Å². The number of ether oxygens (including phenoxy) is 1. The molecule has 1 amide bonds. The fourth-order valence-corrected chi connectivity index (χ4v) is 4.28. The van der Waals surface area contributed by atoms with Crippen LogP contribution in [0.1, 0.15) is 24.7 Å². The first-order valence-corrected chi connectivity index (χ1v) is 10.0. The molecule has 150 valence electrons. The summed E-state index contributed by atoms with van der Waals surface area (Å²) >= 11 is 1.95. The summed E-state index contributed by atoms with van der Waals surface area (Å²) < 4.78 is 21.8. The van der Waals surface area contributed by atoms with Crippen molar-refractivity contribution in [2.45, 2.75) is 18.9 Å². The van der Waals surface area contributed by atoms with E-state index >= 15 is 0 Å². The van der Waals surface area contributed by atoms with Gasteiger partial charge in [0.15, 0.2) is 5.82 Å². The van der Waals surface area contributed by atoms with Gasteiger partial charge in [0.25, 0.3) is 5.56 Å². The van der Waals surface area contributed by atoms with Crippen molar-refractivity contribution in [2.75, 3.05) is 13.7 Å². The lowest BCUT2D eigenvalue weighted by Crippen LogP contribution is -2.34. The number of nitrogens with zero attached hydrogens (tertiary/aromatic N) is 3. The van der Waals surface area contributed by atoms with Crippen molar-refractivity contribution in [1.82, 2.24) is 14.5 Å². The number of halogens is 2. The summed E-state index contributed by atoms with van der Waals surface area (Å²) in [6.45, 7) is 0.339. The molecule has 1 N–H and O–H groups in total. The van der Waals surface area contributed by atoms with Crippen LogP contribution in [0.5, 0.6) is 5.75 Å². The van der Waals surface area contributed by atoms with Crippen molar-refractivity contribution >= 4 is 39.6 Å². The monoisotopic (exact) mass is 509 g/mol. The molecule has 2 heterocycles. The predicted octanol–water partition coefficient (Wildman–Crippen LogP) is 3.95. The fourth-order valence-electron chi connectivity index (χ4n) is 3.70. The number of aromatic nitrogens is 2. The molecule has 2 aromatic carbocycles. The highest BCUT2D eigenvalue weighted by Crippen LogP contribution is 2.33. The standard InChI is InChI=1S/C20H17FIN3O4/c1-29-13-6-4-12(5-7-13)25-18(16-3-2-8-24(16)20(27)28)23-17-14(19(25)26)9-11(22)10-15(17)21/h4-7,9-10,16H,2-3,8H2,1H3,(H,27,28)/t16-/m1/s1. The Morgan fingerprint density at radius 2 is 2.03 bits per heavy atom. The largest absolute Gasteiger partial charge is 0.497 e. The second kappa shape index (κ2) is 7.62. The van der Waals surface area contributed by atoms with Gasteiger partial charge in [-0.15, -0.1) is 0 Å². The molecule has 1 aromatic heterocycles. The van der Waals surface area contributed by atoms with Crippen LogP contribution >= 0.6 is 22.6 Å². The van der Waals surface area contributed by atoms with Crippen LogP contribution in [-0.4, -0.2) is 39.3 Å². The topological polar surface area (TPSA) is 84.7 Å². The van der Waals surface area contributed by atoms with E-state index in [1.807, 2.05) is 22.6 Å². The highest BCUT2D eigenvalue weighted by atomic mass is 127. The Kier molecular flexibility index (Phi) is 5.15. The molecule has 0 aliphatic carbocycles. The molecule has 4 rings (SSSR count). The van der Waals surface area contributed by atoms with E-state index in [1.54, 1.807) is 30.3 Å². The number of fused-ring (bicyclic) bond motifs is 1. The second-order valence-corrected chi connectivity index (χ2v) is 7.97. The number of carboxylic acid groups (broad SMARTS) is 1. The lowest BCUT2D eigenvalue weighted by molar-refractivity contribution is 0.138. The second-order valence-electron chi connectivity index (χ2n) is 6.73. The van der Waals surface area contributed by atoms with Crippen LogP contribution in [0.3, 0.4) is 0 Å². The summed E-state index contributed by atoms with van der Waals surface area (Å²) in [5.74, 6) is 0.227. The Bertz CT molecular complexity index is 1160. The van der Waals surface area contributed by atoms with E-state index in [2.05, 4.69) is 4.98 Å². The molecule has 0 unspecified atom stereocenters. The average Bonchev–Trinajstić information content (AvgIpc) is 3.19. The molecule has 7 nitrogen and oxygen atoms in total. The smallest absolute Gasteiger partial charge is 0.407 e. The number of hydrogen-bond acceptors (Lipinski definition) is 4. The maximum Gasteiger partial charge on any atom is 0.407 e. The summed E-state index contributed by atoms with van der Waals surface area (Å²) in [5.41, 5.74) is 0.0222. The summed E-state index contributed by atoms with van der Waals surface area (Å²) in [4.78, 5) is 30.8. The van der Waals surface area contributed by atoms with Crippen LogP contribution < -0.4 is 10.3 Å². The lowest BCUT2D eigenvalue weighted by Gasteiger charge is -2.24. The maximum absolute atomic E-state index is 14.6. The molecular formula is C20H17FIN3O4. The molecule has 9 heteroatoms. The van der Waals surface area contributed by atoms with Gasteiger partial charge in [-0.1, -0.05) is 0 Å². The van der Waals surface area contributed by atoms with Gasteiger partial charge in [0.2, 0.25) is 0 Å². The Hall–Kier alpha value is -2.69. The van der Waals surface area contributed by atoms with E-state index in [0.29, 0.717) is 34.4 Å². The van der Waals surface area contributed by atoms with E-state index in [0.717, 1.165) is 0 Å². The fraction of sp³-hybridized carbons (Fsp3) is 0.250. The Morgan fingerprint density at radius 1 is 1.31 bits per heavy atom. The summed E-state index contributed by atoms with van der Waals surface area (Å²) in [7, 11) is 1.54. The van der Waals surface area contributed by atoms with Gasteiger partial charge in [-0.05, 0) is 71.8 Å². The first kappa shape index (κ1) is 19.6. The van der Waals surface area contributed by atoms with Crippen molar-refractivity contribution in [3.05, 3.63) is 62.0 Å². The Morgan fingerprint density at radius 3 is 2.69 bits per heavy atom. The van der Waals surface area contributed by atoms with Crippen molar-refractivity contribution in [3.63, 3.8) is 0 Å². The number of rotatable bonds is 3. The zero-order chi connectivity index (χ0) is 20.7. The van der Waals surface area contributed by atoms with Gasteiger partial charge in [0.1, 0.15) is 17.1 Å². The van der Waals surface area contributed by atoms with Gasteiger partial charge in [-0.2, -0.15) is 0 Å². The SMILES string of the molecule is COc1ccc(-n2c([C@H]3CCCN3C(=O)O)nc3c(F)cc(I)cc3c2=O)cc1. The maximum atomic E-state index is 14.6. The minimum atomic E-state index is -1.09. The third-order valence-electron chi connectivity index (χ3n) is 5.04. The van der Waals surface area contributed by atoms with E-state index in [-0.39, 0.29) is 16.7 Å². The number of carbonyl (C=O) groups is 1. The minimum Gasteiger partial charge on any atom is -0.497 e. The zero-order valence-electron chi connectivity index (χ0n) is 15.4. The molecule has 3 aromatic rings. The van der Waals surface area contributed by atoms with Crippen molar-refractivity contribution < 1.29 is 19.0 Å². The van der Waals surface area contributed by atoms with E-state index in [4.69, 9.17) is 4.74 Å². The van der Waals surface area contributed by atoms with Crippen LogP contribution in [-0.2, 0) is 0 Å². The van der Waals surface area contributed by atoms with Gasteiger partial charge in [-0.25, -0.2) is 14.2 Å². The van der Waals surface area contributed by atoms with Gasteiger partial charge in [0.05, 0.1) is 24.2 Å². The lowest BCUT2D eigenvalue weighted by atomic mass is 10.1. The normalized spacial score (nSPS) is 16.4. The number of amides is 1. The molecule has 0 radical (unpaired) electrons. The summed E-state index contributed by atoms with van der Waals surface area (Å²) in [6, 6.07) is 9.06. The average molecular weight is 509 g/mol. The molecule has 1 saturated heterocycles. The zero-order valence-corrected chi connectivity index (χ0v) is 17.6. The van der Waals surface area contributed by atoms with Gasteiger partial charge >= 0.3 is 6.09 Å². The van der Waals surface area contributed by atoms with Crippen LogP contribution in [0, 0.1) is 9.39 Å². The third-order valence-corrected chi connectivity index (χ3v) is 5.67. The van der Waals surface area contributed by atoms with Crippen molar-refractivity contribution in [1.29, 1.82) is 0 Å². The molecule has 1 fully saturated rings. The Labute approximate surface area is 178 Å². The molecule has 1 aliphatic heterocycles. The molecule has 1 atom stereocenters. The molecule has 29 heavy (non-hydrogen) atoms. The first-order valence-electron chi connectivity index (χ1n) is 8.96. The van der Waals surface area contributed by atoms with Gasteiger partial charge in [-0.3, -0.25) is 14.3 Å².